The van der Waals surface area contributed by atoms with E-state index in [1.165, 1.54) is 4.90 Å². The summed E-state index contributed by atoms with van der Waals surface area (Å²) in [5.74, 6) is -2.76. The van der Waals surface area contributed by atoms with E-state index >= 15 is 0 Å². The smallest absolute Gasteiger partial charge is 0.326 e. The first-order chi connectivity index (χ1) is 10.4. The van der Waals surface area contributed by atoms with Crippen LogP contribution in [0.2, 0.25) is 0 Å². The van der Waals surface area contributed by atoms with Gasteiger partial charge in [-0.2, -0.15) is 5.26 Å². The number of hydrogen-bond donors (Lipinski definition) is 2. The number of carbonyl (C=O) groups excluding carboxylic acids is 2. The highest BCUT2D eigenvalue weighted by Gasteiger charge is 2.39. The third-order valence-electron chi connectivity index (χ3n) is 3.73. The van der Waals surface area contributed by atoms with Crippen molar-refractivity contribution in [2.75, 3.05) is 6.54 Å². The lowest BCUT2D eigenvalue weighted by Crippen LogP contribution is -2.44. The molecule has 1 heterocycles. The summed E-state index contributed by atoms with van der Waals surface area (Å²) in [5, 5.41) is 18.1. The number of nitrogens with zero attached hydrogens (tertiary/aromatic N) is 2. The molecule has 7 heteroatoms. The van der Waals surface area contributed by atoms with E-state index in [4.69, 9.17) is 11.0 Å². The van der Waals surface area contributed by atoms with Gasteiger partial charge >= 0.3 is 5.97 Å². The maximum absolute atomic E-state index is 11.9. The summed E-state index contributed by atoms with van der Waals surface area (Å²) >= 11 is 0. The molecule has 1 aliphatic rings. The molecule has 0 aliphatic carbocycles. The number of likely N-dealkylation sites (tertiary alicyclic amines) is 1. The van der Waals surface area contributed by atoms with Gasteiger partial charge < -0.3 is 15.7 Å². The third kappa shape index (κ3) is 3.23. The molecule has 3 N–H and O–H groups in total. The maximum atomic E-state index is 11.9. The van der Waals surface area contributed by atoms with Crippen LogP contribution in [-0.4, -0.2) is 40.4 Å². The van der Waals surface area contributed by atoms with E-state index in [1.807, 2.05) is 6.07 Å². The summed E-state index contributed by atoms with van der Waals surface area (Å²) in [7, 11) is 0. The Bertz CT molecular complexity index is 648. The van der Waals surface area contributed by atoms with Crippen LogP contribution < -0.4 is 5.73 Å². The average Bonchev–Trinajstić information content (AvgIpc) is 2.87. The Morgan fingerprint density at radius 2 is 2.05 bits per heavy atom. The molecule has 1 aliphatic heterocycles. The molecule has 1 aromatic rings. The molecule has 7 nitrogen and oxygen atoms in total. The lowest BCUT2D eigenvalue weighted by molar-refractivity contribution is -0.148. The second-order valence-corrected chi connectivity index (χ2v) is 5.22. The number of primary amides is 1. The van der Waals surface area contributed by atoms with Gasteiger partial charge in [-0.3, -0.25) is 9.59 Å². The number of hydrogen-bond acceptors (Lipinski definition) is 4. The number of carboxylic acid groups (broad SMARTS) is 1. The lowest BCUT2D eigenvalue weighted by atomic mass is 10.0. The fraction of sp³-hybridized carbons (Fsp3) is 0.333. The molecule has 2 atom stereocenters. The molecular formula is C15H15N3O4. The first-order valence-corrected chi connectivity index (χ1v) is 6.73. The number of aliphatic carboxylic acids is 1. The van der Waals surface area contributed by atoms with Crippen molar-refractivity contribution in [3.8, 4) is 6.07 Å². The molecule has 0 bridgehead atoms. The molecule has 0 aromatic heterocycles. The molecule has 2 amide bonds. The molecule has 22 heavy (non-hydrogen) atoms. The molecule has 1 fully saturated rings. The highest BCUT2D eigenvalue weighted by Crippen LogP contribution is 2.22. The monoisotopic (exact) mass is 301 g/mol. The summed E-state index contributed by atoms with van der Waals surface area (Å²) < 4.78 is 0. The van der Waals surface area contributed by atoms with Gasteiger partial charge in [-0.15, -0.1) is 0 Å². The van der Waals surface area contributed by atoms with E-state index in [0.717, 1.165) is 0 Å². The van der Waals surface area contributed by atoms with E-state index in [0.29, 0.717) is 11.1 Å². The van der Waals surface area contributed by atoms with Crippen molar-refractivity contribution < 1.29 is 19.5 Å². The Hall–Kier alpha value is -2.88. The number of carboxylic acids is 1. The molecule has 114 valence electrons. The predicted molar refractivity (Wildman–Crippen MR) is 75.3 cm³/mol. The van der Waals surface area contributed by atoms with Crippen LogP contribution in [0.25, 0.3) is 0 Å². The minimum atomic E-state index is -1.14. The number of benzene rings is 1. The molecule has 2 rings (SSSR count). The Morgan fingerprint density at radius 1 is 1.41 bits per heavy atom. The van der Waals surface area contributed by atoms with Gasteiger partial charge in [0.1, 0.15) is 6.04 Å². The first kappa shape index (κ1) is 15.5. The highest BCUT2D eigenvalue weighted by atomic mass is 16.4. The van der Waals surface area contributed by atoms with Crippen LogP contribution in [0.1, 0.15) is 17.5 Å². The van der Waals surface area contributed by atoms with Crippen LogP contribution in [-0.2, 0) is 20.8 Å². The van der Waals surface area contributed by atoms with Crippen LogP contribution in [0.5, 0.6) is 0 Å². The molecule has 1 unspecified atom stereocenters. The Kier molecular flexibility index (Phi) is 4.41. The minimum absolute atomic E-state index is 0.0292. The van der Waals surface area contributed by atoms with Gasteiger partial charge in [-0.05, 0) is 17.7 Å². The van der Waals surface area contributed by atoms with E-state index in [2.05, 4.69) is 0 Å². The van der Waals surface area contributed by atoms with Crippen molar-refractivity contribution in [1.29, 1.82) is 5.26 Å². The van der Waals surface area contributed by atoms with Crippen molar-refractivity contribution in [3.63, 3.8) is 0 Å². The van der Waals surface area contributed by atoms with Crippen molar-refractivity contribution in [1.82, 2.24) is 4.90 Å². The Labute approximate surface area is 126 Å². The van der Waals surface area contributed by atoms with Gasteiger partial charge in [0.25, 0.3) is 0 Å². The number of carbonyl (C=O) groups is 3. The summed E-state index contributed by atoms with van der Waals surface area (Å²) in [4.78, 5) is 35.8. The SMILES string of the molecule is N#Cc1ccc(C[C@@H](C(=O)O)N2CC(C(N)=O)CC2=O)cc1. The fourth-order valence-electron chi connectivity index (χ4n) is 2.49. The van der Waals surface area contributed by atoms with Crippen molar-refractivity contribution in [2.45, 2.75) is 18.9 Å². The normalized spacial score (nSPS) is 18.8. The number of rotatable bonds is 5. The van der Waals surface area contributed by atoms with E-state index in [9.17, 15) is 19.5 Å². The molecule has 0 saturated carbocycles. The number of nitriles is 1. The topological polar surface area (TPSA) is 124 Å². The van der Waals surface area contributed by atoms with Gasteiger partial charge in [-0.25, -0.2) is 4.79 Å². The summed E-state index contributed by atoms with van der Waals surface area (Å²) in [5.41, 5.74) is 6.36. The zero-order valence-electron chi connectivity index (χ0n) is 11.7. The van der Waals surface area contributed by atoms with Crippen molar-refractivity contribution in [2.24, 2.45) is 11.7 Å². The average molecular weight is 301 g/mol. The fourth-order valence-corrected chi connectivity index (χ4v) is 2.49. The summed E-state index contributed by atoms with van der Waals surface area (Å²) in [6.45, 7) is 0.0292. The quantitative estimate of drug-likeness (QED) is 0.785. The predicted octanol–water partition coefficient (Wildman–Crippen LogP) is -0.112. The molecule has 1 aromatic carbocycles. The second-order valence-electron chi connectivity index (χ2n) is 5.22. The Morgan fingerprint density at radius 3 is 2.50 bits per heavy atom. The standard InChI is InChI=1S/C15H15N3O4/c16-7-10-3-1-9(2-4-10)5-12(15(21)22)18-8-11(14(17)20)6-13(18)19/h1-4,11-12H,5-6,8H2,(H2,17,20)(H,21,22)/t11?,12-/m0/s1. The summed E-state index contributed by atoms with van der Waals surface area (Å²) in [6, 6.07) is 7.41. The van der Waals surface area contributed by atoms with Gasteiger partial charge in [0.05, 0.1) is 17.6 Å². The van der Waals surface area contributed by atoms with E-state index in [-0.39, 0.29) is 25.3 Å². The second kappa shape index (κ2) is 6.26. The minimum Gasteiger partial charge on any atom is -0.480 e. The van der Waals surface area contributed by atoms with Crippen LogP contribution in [0.15, 0.2) is 24.3 Å². The molecule has 0 spiro atoms. The van der Waals surface area contributed by atoms with Gasteiger partial charge in [0.15, 0.2) is 0 Å². The Balaban J connectivity index is 2.16. The summed E-state index contributed by atoms with van der Waals surface area (Å²) in [6.07, 6.45) is 0.0603. The zero-order chi connectivity index (χ0) is 16.3. The number of nitrogens with two attached hydrogens (primary N) is 1. The van der Waals surface area contributed by atoms with E-state index < -0.39 is 23.8 Å². The van der Waals surface area contributed by atoms with Crippen LogP contribution in [0.3, 0.4) is 0 Å². The molecule has 1 saturated heterocycles. The first-order valence-electron chi connectivity index (χ1n) is 6.73. The van der Waals surface area contributed by atoms with Gasteiger partial charge in [-0.1, -0.05) is 12.1 Å². The molecule has 0 radical (unpaired) electrons. The largest absolute Gasteiger partial charge is 0.480 e. The van der Waals surface area contributed by atoms with E-state index in [1.54, 1.807) is 24.3 Å². The van der Waals surface area contributed by atoms with Crippen LogP contribution in [0, 0.1) is 17.2 Å². The van der Waals surface area contributed by atoms with Crippen LogP contribution in [0.4, 0.5) is 0 Å². The van der Waals surface area contributed by atoms with Gasteiger partial charge in [0, 0.05) is 19.4 Å². The van der Waals surface area contributed by atoms with Crippen LogP contribution >= 0.6 is 0 Å². The third-order valence-corrected chi connectivity index (χ3v) is 3.73. The highest BCUT2D eigenvalue weighted by molar-refractivity contribution is 5.91. The van der Waals surface area contributed by atoms with Gasteiger partial charge in [0.2, 0.25) is 11.8 Å². The van der Waals surface area contributed by atoms with Crippen molar-refractivity contribution in [3.05, 3.63) is 35.4 Å². The van der Waals surface area contributed by atoms with Crippen molar-refractivity contribution >= 4 is 17.8 Å². The lowest BCUT2D eigenvalue weighted by Gasteiger charge is -2.24. The number of amides is 2. The molecular weight excluding hydrogens is 286 g/mol. The zero-order valence-corrected chi connectivity index (χ0v) is 11.7. The maximum Gasteiger partial charge on any atom is 0.326 e.